The third kappa shape index (κ3) is 4.03. The van der Waals surface area contributed by atoms with Crippen LogP contribution in [0.5, 0.6) is 0 Å². The van der Waals surface area contributed by atoms with Gasteiger partial charge in [-0.2, -0.15) is 0 Å². The Hall–Kier alpha value is -2.28. The highest BCUT2D eigenvalue weighted by molar-refractivity contribution is 6.29. The summed E-state index contributed by atoms with van der Waals surface area (Å²) in [5.74, 6) is -2.43. The fraction of sp³-hybridized carbons (Fsp3) is 0.421. The molecule has 1 saturated heterocycles. The van der Waals surface area contributed by atoms with Gasteiger partial charge >= 0.3 is 0 Å². The van der Waals surface area contributed by atoms with Crippen LogP contribution >= 0.6 is 11.6 Å². The number of halogens is 3. The molecular formula is C19H19ClF2N4O. The number of anilines is 1. The molecule has 0 N–H and O–H groups in total. The van der Waals surface area contributed by atoms with Crippen LogP contribution in [0, 0.1) is 0 Å². The van der Waals surface area contributed by atoms with Gasteiger partial charge in [-0.15, -0.1) is 10.2 Å². The van der Waals surface area contributed by atoms with E-state index >= 15 is 0 Å². The van der Waals surface area contributed by atoms with Crippen molar-refractivity contribution >= 4 is 23.3 Å². The van der Waals surface area contributed by atoms with Crippen LogP contribution in [0.3, 0.4) is 0 Å². The van der Waals surface area contributed by atoms with E-state index in [-0.39, 0.29) is 18.7 Å². The summed E-state index contributed by atoms with van der Waals surface area (Å²) in [4.78, 5) is 16.4. The lowest BCUT2D eigenvalue weighted by Gasteiger charge is -2.35. The molecule has 2 aliphatic rings. The highest BCUT2D eigenvalue weighted by atomic mass is 35.5. The lowest BCUT2D eigenvalue weighted by Crippen LogP contribution is -2.49. The standard InChI is InChI=1S/C19H19ClF2N4O/c20-16-5-6-17(24-23-16)25-7-9-26(10-8-25)18(27)11-13-1-3-14(4-2-13)15-12-19(15,21)22/h1-6,15H,7-12H2. The maximum Gasteiger partial charge on any atom is 0.255 e. The third-order valence-electron chi connectivity index (χ3n) is 5.14. The van der Waals surface area contributed by atoms with E-state index in [0.717, 1.165) is 11.4 Å². The molecule has 4 rings (SSSR count). The predicted octanol–water partition coefficient (Wildman–Crippen LogP) is 3.14. The van der Waals surface area contributed by atoms with Gasteiger partial charge in [-0.3, -0.25) is 4.79 Å². The van der Waals surface area contributed by atoms with Crippen LogP contribution in [0.25, 0.3) is 0 Å². The second kappa shape index (κ2) is 7.03. The van der Waals surface area contributed by atoms with E-state index in [1.807, 2.05) is 11.0 Å². The quantitative estimate of drug-likeness (QED) is 0.802. The molecule has 1 aliphatic heterocycles. The first-order valence-corrected chi connectivity index (χ1v) is 9.29. The maximum absolute atomic E-state index is 13.1. The Morgan fingerprint density at radius 2 is 1.74 bits per heavy atom. The number of hydrogen-bond donors (Lipinski definition) is 0. The number of carbonyl (C=O) groups excluding carboxylic acids is 1. The van der Waals surface area contributed by atoms with Crippen LogP contribution in [0.15, 0.2) is 36.4 Å². The molecule has 142 valence electrons. The van der Waals surface area contributed by atoms with Crippen molar-refractivity contribution in [1.82, 2.24) is 15.1 Å². The zero-order valence-corrected chi connectivity index (χ0v) is 15.4. The first kappa shape index (κ1) is 18.1. The second-order valence-corrected chi connectivity index (χ2v) is 7.41. The van der Waals surface area contributed by atoms with Gasteiger partial charge in [0.1, 0.15) is 0 Å². The average molecular weight is 393 g/mol. The van der Waals surface area contributed by atoms with Gasteiger partial charge in [0.05, 0.1) is 12.3 Å². The molecule has 27 heavy (non-hydrogen) atoms. The van der Waals surface area contributed by atoms with Gasteiger partial charge in [0, 0.05) is 32.6 Å². The lowest BCUT2D eigenvalue weighted by molar-refractivity contribution is -0.130. The van der Waals surface area contributed by atoms with Crippen LogP contribution in [0.4, 0.5) is 14.6 Å². The number of piperazine rings is 1. The van der Waals surface area contributed by atoms with Crippen LogP contribution in [0.1, 0.15) is 23.5 Å². The number of benzene rings is 1. The lowest BCUT2D eigenvalue weighted by atomic mass is 10.1. The van der Waals surface area contributed by atoms with Crippen LogP contribution < -0.4 is 4.90 Å². The molecule has 1 atom stereocenters. The van der Waals surface area contributed by atoms with Crippen molar-refractivity contribution < 1.29 is 13.6 Å². The first-order valence-electron chi connectivity index (χ1n) is 8.91. The zero-order chi connectivity index (χ0) is 19.0. The molecule has 2 heterocycles. The number of rotatable bonds is 4. The van der Waals surface area contributed by atoms with Crippen LogP contribution in [-0.4, -0.2) is 53.1 Å². The van der Waals surface area contributed by atoms with Gasteiger partial charge in [0.2, 0.25) is 5.91 Å². The highest BCUT2D eigenvalue weighted by Gasteiger charge is 2.57. The number of nitrogens with zero attached hydrogens (tertiary/aromatic N) is 4. The van der Waals surface area contributed by atoms with E-state index in [1.54, 1.807) is 30.3 Å². The third-order valence-corrected chi connectivity index (χ3v) is 5.34. The monoisotopic (exact) mass is 392 g/mol. The zero-order valence-electron chi connectivity index (χ0n) is 14.6. The molecule has 0 spiro atoms. The van der Waals surface area contributed by atoms with Gasteiger partial charge in [-0.05, 0) is 23.3 Å². The molecule has 2 fully saturated rings. The summed E-state index contributed by atoms with van der Waals surface area (Å²) in [7, 11) is 0. The van der Waals surface area contributed by atoms with Crippen molar-refractivity contribution in [2.24, 2.45) is 0 Å². The molecule has 1 aromatic heterocycles. The summed E-state index contributed by atoms with van der Waals surface area (Å²) in [5, 5.41) is 8.26. The van der Waals surface area contributed by atoms with Crippen molar-refractivity contribution in [2.75, 3.05) is 31.1 Å². The first-order chi connectivity index (χ1) is 12.9. The van der Waals surface area contributed by atoms with E-state index in [4.69, 9.17) is 11.6 Å². The van der Waals surface area contributed by atoms with Gasteiger partial charge in [0.25, 0.3) is 5.92 Å². The summed E-state index contributed by atoms with van der Waals surface area (Å²) < 4.78 is 26.3. The van der Waals surface area contributed by atoms with E-state index < -0.39 is 11.8 Å². The second-order valence-electron chi connectivity index (χ2n) is 7.02. The Balaban J connectivity index is 1.30. The Morgan fingerprint density at radius 3 is 2.30 bits per heavy atom. The van der Waals surface area contributed by atoms with Crippen molar-refractivity contribution in [3.63, 3.8) is 0 Å². The highest BCUT2D eigenvalue weighted by Crippen LogP contribution is 2.55. The van der Waals surface area contributed by atoms with Gasteiger partial charge in [0.15, 0.2) is 11.0 Å². The van der Waals surface area contributed by atoms with Crippen molar-refractivity contribution in [1.29, 1.82) is 0 Å². The Labute approximate surface area is 160 Å². The molecule has 8 heteroatoms. The molecule has 1 aliphatic carbocycles. The number of hydrogen-bond acceptors (Lipinski definition) is 4. The SMILES string of the molecule is O=C(Cc1ccc(C2CC2(F)F)cc1)N1CCN(c2ccc(Cl)nn2)CC1. The number of alkyl halides is 2. The summed E-state index contributed by atoms with van der Waals surface area (Å²) in [6.45, 7) is 2.57. The molecule has 1 unspecified atom stereocenters. The molecule has 1 amide bonds. The number of amides is 1. The minimum Gasteiger partial charge on any atom is -0.352 e. The van der Waals surface area contributed by atoms with Crippen molar-refractivity contribution in [3.8, 4) is 0 Å². The van der Waals surface area contributed by atoms with Crippen LogP contribution in [0.2, 0.25) is 5.15 Å². The number of carbonyl (C=O) groups is 1. The van der Waals surface area contributed by atoms with Crippen molar-refractivity contribution in [2.45, 2.75) is 24.7 Å². The number of aromatic nitrogens is 2. The average Bonchev–Trinajstić information content (AvgIpc) is 3.31. The topological polar surface area (TPSA) is 49.3 Å². The van der Waals surface area contributed by atoms with Gasteiger partial charge in [-0.1, -0.05) is 35.9 Å². The fourth-order valence-electron chi connectivity index (χ4n) is 3.39. The fourth-order valence-corrected chi connectivity index (χ4v) is 3.49. The van der Waals surface area contributed by atoms with E-state index in [9.17, 15) is 13.6 Å². The van der Waals surface area contributed by atoms with Gasteiger partial charge in [-0.25, -0.2) is 8.78 Å². The van der Waals surface area contributed by atoms with Crippen molar-refractivity contribution in [3.05, 3.63) is 52.7 Å². The Kier molecular flexibility index (Phi) is 4.72. The molecular weight excluding hydrogens is 374 g/mol. The predicted molar refractivity (Wildman–Crippen MR) is 98.3 cm³/mol. The Morgan fingerprint density at radius 1 is 1.07 bits per heavy atom. The molecule has 2 aromatic rings. The maximum atomic E-state index is 13.1. The smallest absolute Gasteiger partial charge is 0.255 e. The van der Waals surface area contributed by atoms with E-state index in [1.165, 1.54) is 0 Å². The van der Waals surface area contributed by atoms with E-state index in [2.05, 4.69) is 15.1 Å². The molecule has 1 saturated carbocycles. The summed E-state index contributed by atoms with van der Waals surface area (Å²) >= 11 is 5.75. The summed E-state index contributed by atoms with van der Waals surface area (Å²) in [5.41, 5.74) is 1.49. The normalized spacial score (nSPS) is 21.2. The van der Waals surface area contributed by atoms with E-state index in [0.29, 0.717) is 36.9 Å². The van der Waals surface area contributed by atoms with Gasteiger partial charge < -0.3 is 9.80 Å². The Bertz CT molecular complexity index is 821. The molecule has 1 aromatic carbocycles. The molecule has 0 radical (unpaired) electrons. The minimum atomic E-state index is -2.56. The summed E-state index contributed by atoms with van der Waals surface area (Å²) in [6.07, 6.45) is 0.204. The van der Waals surface area contributed by atoms with Crippen LogP contribution in [-0.2, 0) is 11.2 Å². The molecule has 0 bridgehead atoms. The summed E-state index contributed by atoms with van der Waals surface area (Å²) in [6, 6.07) is 10.5. The largest absolute Gasteiger partial charge is 0.352 e. The molecule has 5 nitrogen and oxygen atoms in total. The minimum absolute atomic E-state index is 0.0429.